The summed E-state index contributed by atoms with van der Waals surface area (Å²) < 4.78 is 9.99. The van der Waals surface area contributed by atoms with Crippen LogP contribution >= 0.6 is 0 Å². The molecule has 5 heteroatoms. The summed E-state index contributed by atoms with van der Waals surface area (Å²) in [7, 11) is 0. The lowest BCUT2D eigenvalue weighted by atomic mass is 9.98. The second-order valence-electron chi connectivity index (χ2n) is 4.42. The van der Waals surface area contributed by atoms with Gasteiger partial charge in [0, 0.05) is 0 Å². The molecule has 0 atom stereocenters. The van der Waals surface area contributed by atoms with Gasteiger partial charge in [-0.3, -0.25) is 4.79 Å². The minimum Gasteiger partial charge on any atom is -0.465 e. The molecular formula is C14H19NO4. The Balaban J connectivity index is 2.50. The smallest absolute Gasteiger partial charge is 0.408 e. The molecule has 0 aliphatic rings. The van der Waals surface area contributed by atoms with Gasteiger partial charge >= 0.3 is 12.1 Å². The number of carbonyl (C=O) groups excluding carboxylic acids is 2. The molecule has 5 nitrogen and oxygen atoms in total. The number of hydrogen-bond acceptors (Lipinski definition) is 4. The molecule has 0 unspecified atom stereocenters. The summed E-state index contributed by atoms with van der Waals surface area (Å²) in [5, 5.41) is 2.36. The third-order valence-electron chi connectivity index (χ3n) is 2.50. The SMILES string of the molecule is CCOC(=O)CNC(=O)OC(C)(C)c1ccccc1. The zero-order chi connectivity index (χ0) is 14.3. The molecule has 0 heterocycles. The Bertz CT molecular complexity index is 428. The largest absolute Gasteiger partial charge is 0.465 e. The second-order valence-corrected chi connectivity index (χ2v) is 4.42. The fraction of sp³-hybridized carbons (Fsp3) is 0.429. The summed E-state index contributed by atoms with van der Waals surface area (Å²) in [6.07, 6.45) is -0.651. The van der Waals surface area contributed by atoms with Gasteiger partial charge in [-0.15, -0.1) is 0 Å². The standard InChI is InChI=1S/C14H19NO4/c1-4-18-12(16)10-15-13(17)19-14(2,3)11-8-6-5-7-9-11/h5-9H,4,10H2,1-3H3,(H,15,17). The Morgan fingerprint density at radius 2 is 1.84 bits per heavy atom. The van der Waals surface area contributed by atoms with Crippen LogP contribution in [-0.2, 0) is 19.9 Å². The lowest BCUT2D eigenvalue weighted by Crippen LogP contribution is -2.36. The summed E-state index contributed by atoms with van der Waals surface area (Å²) >= 11 is 0. The van der Waals surface area contributed by atoms with Gasteiger partial charge in [0.15, 0.2) is 0 Å². The molecule has 19 heavy (non-hydrogen) atoms. The van der Waals surface area contributed by atoms with Gasteiger partial charge in [-0.25, -0.2) is 4.79 Å². The monoisotopic (exact) mass is 265 g/mol. The fourth-order valence-electron chi connectivity index (χ4n) is 1.52. The Labute approximate surface area is 112 Å². The maximum Gasteiger partial charge on any atom is 0.408 e. The van der Waals surface area contributed by atoms with Crippen LogP contribution in [0.15, 0.2) is 30.3 Å². The summed E-state index contributed by atoms with van der Waals surface area (Å²) in [5.74, 6) is -0.489. The first-order valence-corrected chi connectivity index (χ1v) is 6.13. The Morgan fingerprint density at radius 3 is 2.42 bits per heavy atom. The third kappa shape index (κ3) is 4.99. The predicted octanol–water partition coefficient (Wildman–Crippen LogP) is 2.21. The highest BCUT2D eigenvalue weighted by Crippen LogP contribution is 2.24. The van der Waals surface area contributed by atoms with Gasteiger partial charge in [-0.05, 0) is 26.3 Å². The van der Waals surface area contributed by atoms with Gasteiger partial charge in [0.25, 0.3) is 0 Å². The molecule has 0 aliphatic carbocycles. The number of esters is 1. The van der Waals surface area contributed by atoms with E-state index in [2.05, 4.69) is 5.32 Å². The number of carbonyl (C=O) groups is 2. The van der Waals surface area contributed by atoms with Crippen molar-refractivity contribution in [3.05, 3.63) is 35.9 Å². The number of benzene rings is 1. The van der Waals surface area contributed by atoms with Crippen molar-refractivity contribution >= 4 is 12.1 Å². The average molecular weight is 265 g/mol. The van der Waals surface area contributed by atoms with Crippen molar-refractivity contribution in [2.24, 2.45) is 0 Å². The number of alkyl carbamates (subject to hydrolysis) is 1. The molecule has 1 aromatic rings. The highest BCUT2D eigenvalue weighted by molar-refractivity contribution is 5.78. The van der Waals surface area contributed by atoms with Crippen molar-refractivity contribution in [1.82, 2.24) is 5.32 Å². The van der Waals surface area contributed by atoms with Crippen LogP contribution in [0.3, 0.4) is 0 Å². The molecule has 0 bridgehead atoms. The first-order chi connectivity index (χ1) is 8.95. The minimum atomic E-state index is -0.764. The number of rotatable bonds is 5. The number of nitrogens with one attached hydrogen (secondary N) is 1. The normalized spacial score (nSPS) is 10.7. The minimum absolute atomic E-state index is 0.197. The van der Waals surface area contributed by atoms with Crippen LogP contribution < -0.4 is 5.32 Å². The van der Waals surface area contributed by atoms with E-state index in [1.165, 1.54) is 0 Å². The van der Waals surface area contributed by atoms with Crippen molar-refractivity contribution in [3.8, 4) is 0 Å². The van der Waals surface area contributed by atoms with Gasteiger partial charge < -0.3 is 14.8 Å². The van der Waals surface area contributed by atoms with Crippen LogP contribution in [0.25, 0.3) is 0 Å². The van der Waals surface area contributed by atoms with E-state index in [0.29, 0.717) is 0 Å². The van der Waals surface area contributed by atoms with E-state index in [1.54, 1.807) is 20.8 Å². The van der Waals surface area contributed by atoms with E-state index in [0.717, 1.165) is 5.56 Å². The Kier molecular flexibility index (Phi) is 5.36. The molecule has 1 amide bonds. The van der Waals surface area contributed by atoms with Gasteiger partial charge in [0.1, 0.15) is 12.1 Å². The average Bonchev–Trinajstić information content (AvgIpc) is 2.37. The molecule has 0 aromatic heterocycles. The van der Waals surface area contributed by atoms with E-state index in [-0.39, 0.29) is 13.2 Å². The number of amides is 1. The first-order valence-electron chi connectivity index (χ1n) is 6.13. The van der Waals surface area contributed by atoms with Crippen LogP contribution in [0.2, 0.25) is 0 Å². The van der Waals surface area contributed by atoms with Crippen molar-refractivity contribution in [2.75, 3.05) is 13.2 Å². The quantitative estimate of drug-likeness (QED) is 0.829. The van der Waals surface area contributed by atoms with Crippen LogP contribution in [0.1, 0.15) is 26.3 Å². The molecule has 1 rings (SSSR count). The van der Waals surface area contributed by atoms with Gasteiger partial charge in [-0.1, -0.05) is 30.3 Å². The highest BCUT2D eigenvalue weighted by atomic mass is 16.6. The molecular weight excluding hydrogens is 246 g/mol. The Morgan fingerprint density at radius 1 is 1.21 bits per heavy atom. The fourth-order valence-corrected chi connectivity index (χ4v) is 1.52. The van der Waals surface area contributed by atoms with Crippen molar-refractivity contribution in [2.45, 2.75) is 26.4 Å². The van der Waals surface area contributed by atoms with Crippen molar-refractivity contribution < 1.29 is 19.1 Å². The van der Waals surface area contributed by atoms with Crippen LogP contribution in [-0.4, -0.2) is 25.2 Å². The summed E-state index contributed by atoms with van der Waals surface area (Å²) in [6, 6.07) is 9.38. The summed E-state index contributed by atoms with van der Waals surface area (Å²) in [6.45, 7) is 5.36. The second kappa shape index (κ2) is 6.78. The van der Waals surface area contributed by atoms with E-state index >= 15 is 0 Å². The van der Waals surface area contributed by atoms with E-state index in [4.69, 9.17) is 9.47 Å². The predicted molar refractivity (Wildman–Crippen MR) is 70.6 cm³/mol. The lowest BCUT2D eigenvalue weighted by molar-refractivity contribution is -0.142. The molecule has 0 aliphatic heterocycles. The maximum absolute atomic E-state index is 11.6. The van der Waals surface area contributed by atoms with E-state index in [9.17, 15) is 9.59 Å². The number of ether oxygens (including phenoxy) is 2. The molecule has 0 spiro atoms. The zero-order valence-corrected chi connectivity index (χ0v) is 11.4. The van der Waals surface area contributed by atoms with Crippen LogP contribution in [0.5, 0.6) is 0 Å². The first kappa shape index (κ1) is 15.0. The molecule has 0 saturated carbocycles. The maximum atomic E-state index is 11.6. The topological polar surface area (TPSA) is 64.6 Å². The molecule has 0 saturated heterocycles. The summed E-state index contributed by atoms with van der Waals surface area (Å²) in [5.41, 5.74) is 0.112. The molecule has 0 radical (unpaired) electrons. The summed E-state index contributed by atoms with van der Waals surface area (Å²) in [4.78, 5) is 22.7. The Hall–Kier alpha value is -2.04. The van der Waals surface area contributed by atoms with Gasteiger partial charge in [0.05, 0.1) is 6.61 Å². The molecule has 0 fully saturated rings. The molecule has 104 valence electrons. The van der Waals surface area contributed by atoms with Crippen LogP contribution in [0, 0.1) is 0 Å². The number of hydrogen-bond donors (Lipinski definition) is 1. The van der Waals surface area contributed by atoms with E-state index < -0.39 is 17.7 Å². The van der Waals surface area contributed by atoms with E-state index in [1.807, 2.05) is 30.3 Å². The van der Waals surface area contributed by atoms with Crippen molar-refractivity contribution in [3.63, 3.8) is 0 Å². The van der Waals surface area contributed by atoms with Crippen molar-refractivity contribution in [1.29, 1.82) is 0 Å². The lowest BCUT2D eigenvalue weighted by Gasteiger charge is -2.25. The van der Waals surface area contributed by atoms with Gasteiger partial charge in [0.2, 0.25) is 0 Å². The molecule has 1 N–H and O–H groups in total. The van der Waals surface area contributed by atoms with Crippen LogP contribution in [0.4, 0.5) is 4.79 Å². The molecule has 1 aromatic carbocycles. The third-order valence-corrected chi connectivity index (χ3v) is 2.50. The van der Waals surface area contributed by atoms with Gasteiger partial charge in [-0.2, -0.15) is 0 Å². The zero-order valence-electron chi connectivity index (χ0n) is 11.4. The highest BCUT2D eigenvalue weighted by Gasteiger charge is 2.25.